The second-order valence-electron chi connectivity index (χ2n) is 6.04. The molecule has 0 atom stereocenters. The van der Waals surface area contributed by atoms with Gasteiger partial charge < -0.3 is 25.2 Å². The van der Waals surface area contributed by atoms with E-state index in [2.05, 4.69) is 20.5 Å². The number of amides is 1. The van der Waals surface area contributed by atoms with Crippen molar-refractivity contribution in [3.63, 3.8) is 0 Å². The van der Waals surface area contributed by atoms with Crippen molar-refractivity contribution in [2.75, 3.05) is 64.9 Å². The second-order valence-corrected chi connectivity index (χ2v) is 6.48. The first-order valence-corrected chi connectivity index (χ1v) is 9.23. The van der Waals surface area contributed by atoms with Gasteiger partial charge in [-0.1, -0.05) is 11.6 Å². The predicted octanol–water partition coefficient (Wildman–Crippen LogP) is 1.19. The van der Waals surface area contributed by atoms with Gasteiger partial charge in [0.25, 0.3) is 0 Å². The molecule has 1 amide bonds. The van der Waals surface area contributed by atoms with Gasteiger partial charge in [-0.05, 0) is 30.7 Å². The normalized spacial score (nSPS) is 15.1. The van der Waals surface area contributed by atoms with Crippen LogP contribution < -0.4 is 15.5 Å². The Hall–Kier alpha value is -1.99. The lowest BCUT2D eigenvalue weighted by molar-refractivity contribution is -0.130. The Morgan fingerprint density at radius 2 is 1.88 bits per heavy atom. The zero-order chi connectivity index (χ0) is 18.8. The van der Waals surface area contributed by atoms with Crippen molar-refractivity contribution in [1.29, 1.82) is 0 Å². The molecule has 1 saturated heterocycles. The highest BCUT2D eigenvalue weighted by atomic mass is 35.5. The Balaban J connectivity index is 1.71. The maximum atomic E-state index is 12.4. The van der Waals surface area contributed by atoms with E-state index < -0.39 is 0 Å². The minimum absolute atomic E-state index is 0.0839. The van der Waals surface area contributed by atoms with Crippen molar-refractivity contribution < 1.29 is 9.53 Å². The minimum atomic E-state index is 0.0839. The SMILES string of the molecule is CN=C(NCCCOC)NCC(=O)N1CCN(c2ccc(Cl)cc2)CC1. The van der Waals surface area contributed by atoms with Crippen LogP contribution in [0.15, 0.2) is 29.3 Å². The zero-order valence-electron chi connectivity index (χ0n) is 15.5. The summed E-state index contributed by atoms with van der Waals surface area (Å²) in [4.78, 5) is 20.7. The van der Waals surface area contributed by atoms with Crippen LogP contribution in [0.25, 0.3) is 0 Å². The Bertz CT molecular complexity index is 586. The van der Waals surface area contributed by atoms with E-state index in [4.69, 9.17) is 16.3 Å². The third-order valence-electron chi connectivity index (χ3n) is 4.27. The molecule has 1 aliphatic heterocycles. The molecule has 0 aromatic heterocycles. The van der Waals surface area contributed by atoms with Crippen LogP contribution in [-0.2, 0) is 9.53 Å². The van der Waals surface area contributed by atoms with Crippen molar-refractivity contribution in [3.8, 4) is 0 Å². The molecule has 26 heavy (non-hydrogen) atoms. The van der Waals surface area contributed by atoms with Gasteiger partial charge in [0.15, 0.2) is 5.96 Å². The number of methoxy groups -OCH3 is 1. The molecule has 8 heteroatoms. The summed E-state index contributed by atoms with van der Waals surface area (Å²) in [5, 5.41) is 6.97. The van der Waals surface area contributed by atoms with Gasteiger partial charge in [0.2, 0.25) is 5.91 Å². The molecule has 2 N–H and O–H groups in total. The molecular formula is C18H28ClN5O2. The number of ether oxygens (including phenoxy) is 1. The summed E-state index contributed by atoms with van der Waals surface area (Å²) in [5.41, 5.74) is 1.14. The van der Waals surface area contributed by atoms with Crippen LogP contribution in [0.1, 0.15) is 6.42 Å². The van der Waals surface area contributed by atoms with Crippen LogP contribution in [0.3, 0.4) is 0 Å². The van der Waals surface area contributed by atoms with Crippen LogP contribution in [0.2, 0.25) is 5.02 Å². The van der Waals surface area contributed by atoms with Crippen LogP contribution >= 0.6 is 11.6 Å². The van der Waals surface area contributed by atoms with Crippen molar-refractivity contribution in [3.05, 3.63) is 29.3 Å². The summed E-state index contributed by atoms with van der Waals surface area (Å²) in [6, 6.07) is 7.81. The average molecular weight is 382 g/mol. The van der Waals surface area contributed by atoms with E-state index >= 15 is 0 Å². The minimum Gasteiger partial charge on any atom is -0.385 e. The van der Waals surface area contributed by atoms with E-state index in [9.17, 15) is 4.79 Å². The van der Waals surface area contributed by atoms with Crippen molar-refractivity contribution >= 4 is 29.2 Å². The molecule has 7 nitrogen and oxygen atoms in total. The van der Waals surface area contributed by atoms with E-state index in [-0.39, 0.29) is 12.5 Å². The average Bonchev–Trinajstić information content (AvgIpc) is 2.68. The molecule has 1 heterocycles. The number of hydrogen-bond donors (Lipinski definition) is 2. The molecule has 2 rings (SSSR count). The third-order valence-corrected chi connectivity index (χ3v) is 4.52. The smallest absolute Gasteiger partial charge is 0.242 e. The number of carbonyl (C=O) groups excluding carboxylic acids is 1. The molecular weight excluding hydrogens is 354 g/mol. The quantitative estimate of drug-likeness (QED) is 0.422. The lowest BCUT2D eigenvalue weighted by Crippen LogP contribution is -2.52. The van der Waals surface area contributed by atoms with E-state index in [0.717, 1.165) is 36.8 Å². The lowest BCUT2D eigenvalue weighted by Gasteiger charge is -2.36. The fourth-order valence-electron chi connectivity index (χ4n) is 2.78. The van der Waals surface area contributed by atoms with Gasteiger partial charge in [-0.25, -0.2) is 0 Å². The Morgan fingerprint density at radius 3 is 2.50 bits per heavy atom. The first-order chi connectivity index (χ1) is 12.6. The molecule has 1 aromatic rings. The van der Waals surface area contributed by atoms with Crippen molar-refractivity contribution in [2.45, 2.75) is 6.42 Å². The molecule has 1 aromatic carbocycles. The fraction of sp³-hybridized carbons (Fsp3) is 0.556. The van der Waals surface area contributed by atoms with Gasteiger partial charge in [0.1, 0.15) is 0 Å². The molecule has 1 fully saturated rings. The number of aliphatic imine (C=N–C) groups is 1. The summed E-state index contributed by atoms with van der Waals surface area (Å²) >= 11 is 5.94. The highest BCUT2D eigenvalue weighted by Crippen LogP contribution is 2.19. The lowest BCUT2D eigenvalue weighted by atomic mass is 10.2. The number of hydrogen-bond acceptors (Lipinski definition) is 4. The summed E-state index contributed by atoms with van der Waals surface area (Å²) in [5.74, 6) is 0.717. The third kappa shape index (κ3) is 6.38. The first-order valence-electron chi connectivity index (χ1n) is 8.86. The predicted molar refractivity (Wildman–Crippen MR) is 106 cm³/mol. The number of halogens is 1. The number of benzene rings is 1. The maximum Gasteiger partial charge on any atom is 0.242 e. The summed E-state index contributed by atoms with van der Waals surface area (Å²) in [6.07, 6.45) is 0.887. The number of rotatable bonds is 7. The van der Waals surface area contributed by atoms with Gasteiger partial charge in [-0.3, -0.25) is 9.79 Å². The zero-order valence-corrected chi connectivity index (χ0v) is 16.3. The number of anilines is 1. The summed E-state index contributed by atoms with van der Waals surface area (Å²) in [6.45, 7) is 4.74. The Kier molecular flexibility index (Phi) is 8.50. The maximum absolute atomic E-state index is 12.4. The van der Waals surface area contributed by atoms with Crippen LogP contribution in [0, 0.1) is 0 Å². The molecule has 144 valence electrons. The molecule has 0 spiro atoms. The van der Waals surface area contributed by atoms with Gasteiger partial charge in [0.05, 0.1) is 6.54 Å². The van der Waals surface area contributed by atoms with Gasteiger partial charge in [-0.2, -0.15) is 0 Å². The Morgan fingerprint density at radius 1 is 1.19 bits per heavy atom. The van der Waals surface area contributed by atoms with Crippen molar-refractivity contribution in [1.82, 2.24) is 15.5 Å². The van der Waals surface area contributed by atoms with E-state index in [1.54, 1.807) is 14.2 Å². The first kappa shape index (κ1) is 20.3. The molecule has 1 aliphatic rings. The van der Waals surface area contributed by atoms with Crippen LogP contribution in [0.4, 0.5) is 5.69 Å². The summed E-state index contributed by atoms with van der Waals surface area (Å²) < 4.78 is 5.01. The van der Waals surface area contributed by atoms with Crippen molar-refractivity contribution in [2.24, 2.45) is 4.99 Å². The Labute approximate surface area is 160 Å². The summed E-state index contributed by atoms with van der Waals surface area (Å²) in [7, 11) is 3.37. The topological polar surface area (TPSA) is 69.2 Å². The highest BCUT2D eigenvalue weighted by Gasteiger charge is 2.21. The number of guanidine groups is 1. The van der Waals surface area contributed by atoms with Crippen LogP contribution in [-0.4, -0.2) is 76.8 Å². The number of piperazine rings is 1. The van der Waals surface area contributed by atoms with Gasteiger partial charge in [0, 0.05) is 64.2 Å². The number of nitrogens with one attached hydrogen (secondary N) is 2. The van der Waals surface area contributed by atoms with Gasteiger partial charge in [-0.15, -0.1) is 0 Å². The van der Waals surface area contributed by atoms with Crippen LogP contribution in [0.5, 0.6) is 0 Å². The number of nitrogens with zero attached hydrogens (tertiary/aromatic N) is 3. The molecule has 0 aliphatic carbocycles. The molecule has 0 unspecified atom stereocenters. The fourth-order valence-corrected chi connectivity index (χ4v) is 2.91. The molecule has 0 radical (unpaired) electrons. The van der Waals surface area contributed by atoms with Gasteiger partial charge >= 0.3 is 0 Å². The largest absolute Gasteiger partial charge is 0.385 e. The molecule has 0 bridgehead atoms. The van der Waals surface area contributed by atoms with E-state index in [0.29, 0.717) is 25.7 Å². The molecule has 0 saturated carbocycles. The number of carbonyl (C=O) groups is 1. The second kappa shape index (κ2) is 10.9. The monoisotopic (exact) mass is 381 g/mol. The van der Waals surface area contributed by atoms with E-state index in [1.165, 1.54) is 0 Å². The highest BCUT2D eigenvalue weighted by molar-refractivity contribution is 6.30. The van der Waals surface area contributed by atoms with E-state index in [1.807, 2.05) is 29.2 Å². The standard InChI is InChI=1S/C18H28ClN5O2/c1-20-18(21-8-3-13-26-2)22-14-17(25)24-11-9-23(10-12-24)16-6-4-15(19)5-7-16/h4-7H,3,8-14H2,1-2H3,(H2,20,21,22).